The third-order valence-electron chi connectivity index (χ3n) is 15.9. The predicted molar refractivity (Wildman–Crippen MR) is 172 cm³/mol. The van der Waals surface area contributed by atoms with Gasteiger partial charge in [0.1, 0.15) is 30.5 Å². The highest BCUT2D eigenvalue weighted by Crippen LogP contribution is 2.89. The van der Waals surface area contributed by atoms with E-state index in [2.05, 4.69) is 34.6 Å². The Morgan fingerprint density at radius 3 is 2.23 bits per heavy atom. The van der Waals surface area contributed by atoms with Crippen LogP contribution in [0.25, 0.3) is 0 Å². The normalized spacial score (nSPS) is 56.1. The van der Waals surface area contributed by atoms with Crippen LogP contribution in [-0.2, 0) is 23.7 Å². The lowest BCUT2D eigenvalue weighted by Crippen LogP contribution is -2.62. The van der Waals surface area contributed by atoms with Gasteiger partial charge in [0.2, 0.25) is 0 Å². The average Bonchev–Trinajstić information content (AvgIpc) is 3.62. The van der Waals surface area contributed by atoms with Gasteiger partial charge in [0, 0.05) is 18.3 Å². The first-order valence-corrected chi connectivity index (χ1v) is 18.4. The Bertz CT molecular complexity index is 1300. The fourth-order valence-electron chi connectivity index (χ4n) is 13.8. The summed E-state index contributed by atoms with van der Waals surface area (Å²) in [6.45, 7) is 15.4. The number of hydrogen-bond acceptors (Lipinski definition) is 11. The molecule has 11 nitrogen and oxygen atoms in total. The number of carbonyl (C=O) groups is 1. The van der Waals surface area contributed by atoms with Gasteiger partial charge in [0.15, 0.2) is 18.2 Å². The summed E-state index contributed by atoms with van der Waals surface area (Å²) in [5, 5.41) is 67.0. The number of rotatable bonds is 5. The van der Waals surface area contributed by atoms with Crippen LogP contribution in [0, 0.1) is 50.7 Å². The molecule has 5 aliphatic carbocycles. The Balaban J connectivity index is 1.17. The van der Waals surface area contributed by atoms with Crippen LogP contribution in [0.15, 0.2) is 0 Å². The van der Waals surface area contributed by atoms with Crippen molar-refractivity contribution in [3.63, 3.8) is 0 Å². The second kappa shape index (κ2) is 10.8. The molecule has 5 saturated carbocycles. The lowest BCUT2D eigenvalue weighted by molar-refractivity contribution is -0.342. The lowest BCUT2D eigenvalue weighted by atomic mass is 9.41. The molecule has 0 amide bonds. The minimum absolute atomic E-state index is 0.0222. The van der Waals surface area contributed by atoms with Gasteiger partial charge < -0.3 is 49.6 Å². The SMILES string of the molecule is CC(=O)OC(C1CC(C)C2C(O)(O1)C(O)C1(C)C3CCC4C(C)(C)C(OC5OCC(O)C(O)C5O)CCC45CC35CCC21C)C(C)(C)O. The third-order valence-corrected chi connectivity index (χ3v) is 15.9. The molecule has 274 valence electrons. The summed E-state index contributed by atoms with van der Waals surface area (Å²) in [6.07, 6.45) is -0.902. The maximum Gasteiger partial charge on any atom is 0.303 e. The summed E-state index contributed by atoms with van der Waals surface area (Å²) >= 11 is 0. The molecule has 7 fully saturated rings. The molecule has 2 aliphatic heterocycles. The topological polar surface area (TPSA) is 175 Å². The molecular weight excluding hydrogens is 620 g/mol. The maximum atomic E-state index is 12.6. The quantitative estimate of drug-likeness (QED) is 0.186. The van der Waals surface area contributed by atoms with Crippen LogP contribution >= 0.6 is 0 Å². The fourth-order valence-corrected chi connectivity index (χ4v) is 13.8. The highest BCUT2D eigenvalue weighted by atomic mass is 16.7. The Labute approximate surface area is 284 Å². The Hall–Kier alpha value is -0.890. The van der Waals surface area contributed by atoms with Gasteiger partial charge in [-0.25, -0.2) is 0 Å². The molecule has 2 saturated heterocycles. The van der Waals surface area contributed by atoms with E-state index in [-0.39, 0.29) is 46.7 Å². The summed E-state index contributed by atoms with van der Waals surface area (Å²) in [5.41, 5.74) is -2.59. The van der Waals surface area contributed by atoms with Crippen molar-refractivity contribution in [2.45, 2.75) is 167 Å². The van der Waals surface area contributed by atoms with E-state index in [0.717, 1.165) is 44.9 Å². The van der Waals surface area contributed by atoms with Crippen molar-refractivity contribution in [2.75, 3.05) is 6.61 Å². The minimum Gasteiger partial charge on any atom is -0.457 e. The van der Waals surface area contributed by atoms with Gasteiger partial charge in [-0.2, -0.15) is 0 Å². The molecule has 0 bridgehead atoms. The maximum absolute atomic E-state index is 12.6. The molecule has 48 heavy (non-hydrogen) atoms. The summed E-state index contributed by atoms with van der Waals surface area (Å²) in [4.78, 5) is 12.1. The van der Waals surface area contributed by atoms with Crippen molar-refractivity contribution in [3.8, 4) is 0 Å². The molecule has 7 aliphatic rings. The van der Waals surface area contributed by atoms with Crippen LogP contribution in [0.3, 0.4) is 0 Å². The lowest BCUT2D eigenvalue weighted by Gasteiger charge is -2.63. The van der Waals surface area contributed by atoms with Crippen molar-refractivity contribution in [1.82, 2.24) is 0 Å². The number of ether oxygens (including phenoxy) is 4. The molecule has 0 radical (unpaired) electrons. The second-order valence-corrected chi connectivity index (χ2v) is 18.8. The van der Waals surface area contributed by atoms with Crippen molar-refractivity contribution in [2.24, 2.45) is 50.7 Å². The van der Waals surface area contributed by atoms with Crippen molar-refractivity contribution >= 4 is 5.97 Å². The first-order valence-electron chi connectivity index (χ1n) is 18.4. The van der Waals surface area contributed by atoms with Crippen LogP contribution in [0.2, 0.25) is 0 Å². The molecule has 0 aromatic rings. The average molecular weight is 681 g/mol. The molecule has 2 heterocycles. The monoisotopic (exact) mass is 680 g/mol. The third kappa shape index (κ3) is 4.41. The van der Waals surface area contributed by atoms with E-state index in [1.807, 2.05) is 0 Å². The van der Waals surface area contributed by atoms with Crippen LogP contribution in [0.5, 0.6) is 0 Å². The zero-order valence-corrected chi connectivity index (χ0v) is 30.0. The van der Waals surface area contributed by atoms with Crippen molar-refractivity contribution < 1.29 is 54.4 Å². The Morgan fingerprint density at radius 2 is 1.58 bits per heavy atom. The molecule has 2 spiro atoms. The molecule has 17 unspecified atom stereocenters. The zero-order valence-electron chi connectivity index (χ0n) is 30.0. The van der Waals surface area contributed by atoms with E-state index < -0.39 is 71.1 Å². The van der Waals surface area contributed by atoms with Gasteiger partial charge in [-0.3, -0.25) is 4.79 Å². The van der Waals surface area contributed by atoms with Crippen LogP contribution < -0.4 is 0 Å². The summed E-state index contributed by atoms with van der Waals surface area (Å²) in [7, 11) is 0. The second-order valence-electron chi connectivity index (χ2n) is 18.8. The molecular formula is C37H60O11. The summed E-state index contributed by atoms with van der Waals surface area (Å²) in [5.74, 6) is -2.26. The molecule has 17 atom stereocenters. The first-order chi connectivity index (χ1) is 22.1. The largest absolute Gasteiger partial charge is 0.457 e. The molecule has 11 heteroatoms. The van der Waals surface area contributed by atoms with E-state index in [1.54, 1.807) is 13.8 Å². The van der Waals surface area contributed by atoms with Gasteiger partial charge in [0.25, 0.3) is 0 Å². The van der Waals surface area contributed by atoms with E-state index in [4.69, 9.17) is 18.9 Å². The summed E-state index contributed by atoms with van der Waals surface area (Å²) < 4.78 is 24.2. The standard InChI is InChI=1S/C37H60O11/c1-18-15-21(28(32(5,6)43)46-19(2)38)48-37(44)27(18)33(7)13-14-36-17-35(36)12-11-24(47-29-26(41)25(40)20(39)16-45-29)31(3,4)22(35)9-10-23(36)34(33,8)30(37)42/h18,20-30,39-44H,9-17H2,1-8H3. The number of fused-ring (bicyclic) bond motifs is 4. The highest BCUT2D eigenvalue weighted by Gasteiger charge is 2.86. The van der Waals surface area contributed by atoms with Gasteiger partial charge >= 0.3 is 5.97 Å². The van der Waals surface area contributed by atoms with E-state index >= 15 is 0 Å². The summed E-state index contributed by atoms with van der Waals surface area (Å²) in [6, 6.07) is 0. The number of aliphatic hydroxyl groups is 6. The number of esters is 1. The Morgan fingerprint density at radius 1 is 0.938 bits per heavy atom. The van der Waals surface area contributed by atoms with Crippen LogP contribution in [0.1, 0.15) is 107 Å². The number of carbonyl (C=O) groups excluding carboxylic acids is 1. The number of hydrogen-bond donors (Lipinski definition) is 6. The van der Waals surface area contributed by atoms with E-state index in [9.17, 15) is 35.4 Å². The van der Waals surface area contributed by atoms with Gasteiger partial charge in [-0.05, 0) is 105 Å². The molecule has 0 aromatic carbocycles. The van der Waals surface area contributed by atoms with E-state index in [0.29, 0.717) is 12.3 Å². The first kappa shape index (κ1) is 35.5. The van der Waals surface area contributed by atoms with Gasteiger partial charge in [-0.15, -0.1) is 0 Å². The van der Waals surface area contributed by atoms with Gasteiger partial charge in [0.05, 0.1) is 18.3 Å². The van der Waals surface area contributed by atoms with Crippen LogP contribution in [-0.4, -0.2) is 104 Å². The Kier molecular flexibility index (Phi) is 8.01. The van der Waals surface area contributed by atoms with Crippen molar-refractivity contribution in [1.29, 1.82) is 0 Å². The smallest absolute Gasteiger partial charge is 0.303 e. The van der Waals surface area contributed by atoms with E-state index in [1.165, 1.54) is 6.92 Å². The number of aliphatic hydroxyl groups excluding tert-OH is 4. The fraction of sp³-hybridized carbons (Fsp3) is 0.973. The minimum atomic E-state index is -1.86. The zero-order chi connectivity index (χ0) is 35.2. The molecule has 7 rings (SSSR count). The highest BCUT2D eigenvalue weighted by molar-refractivity contribution is 5.66. The predicted octanol–water partition coefficient (Wildman–Crippen LogP) is 2.65. The molecule has 6 N–H and O–H groups in total. The molecule has 0 aromatic heterocycles. The van der Waals surface area contributed by atoms with Crippen LogP contribution in [0.4, 0.5) is 0 Å². The van der Waals surface area contributed by atoms with Crippen molar-refractivity contribution in [3.05, 3.63) is 0 Å². The van der Waals surface area contributed by atoms with Gasteiger partial charge in [-0.1, -0.05) is 34.6 Å².